The zero-order valence-corrected chi connectivity index (χ0v) is 14.6. The Kier molecular flexibility index (Phi) is 3.75. The lowest BCUT2D eigenvalue weighted by Gasteiger charge is -2.27. The Morgan fingerprint density at radius 1 is 1.35 bits per heavy atom. The van der Waals surface area contributed by atoms with E-state index in [1.54, 1.807) is 15.4 Å². The highest BCUT2D eigenvalue weighted by atomic mass is 16.4. The number of rotatable bonds is 2. The highest BCUT2D eigenvalue weighted by Crippen LogP contribution is 2.24. The number of aromatic nitrogens is 4. The molecule has 0 bridgehead atoms. The first-order valence-electron chi connectivity index (χ1n) is 8.42. The van der Waals surface area contributed by atoms with Crippen LogP contribution in [0.15, 0.2) is 29.2 Å². The van der Waals surface area contributed by atoms with E-state index in [4.69, 9.17) is 0 Å². The molecule has 4 heterocycles. The summed E-state index contributed by atoms with van der Waals surface area (Å²) in [5.74, 6) is 0. The Hall–Kier alpha value is -3.16. The van der Waals surface area contributed by atoms with Crippen LogP contribution >= 0.6 is 0 Å². The summed E-state index contributed by atoms with van der Waals surface area (Å²) in [5.41, 5.74) is 3.66. The number of nitrogens with zero attached hydrogens (tertiary/aromatic N) is 5. The summed E-state index contributed by atoms with van der Waals surface area (Å²) in [6.07, 6.45) is 1.19. The molecule has 0 saturated heterocycles. The van der Waals surface area contributed by atoms with Gasteiger partial charge in [-0.25, -0.2) is 9.78 Å². The Balaban J connectivity index is 1.93. The van der Waals surface area contributed by atoms with Crippen molar-refractivity contribution >= 4 is 17.1 Å². The predicted molar refractivity (Wildman–Crippen MR) is 95.2 cm³/mol. The molecule has 0 aliphatic carbocycles. The van der Waals surface area contributed by atoms with Crippen molar-refractivity contribution < 1.29 is 9.90 Å². The molecule has 0 unspecified atom stereocenters. The zero-order valence-electron chi connectivity index (χ0n) is 14.6. The fourth-order valence-electron chi connectivity index (χ4n) is 3.65. The molecule has 26 heavy (non-hydrogen) atoms. The van der Waals surface area contributed by atoms with E-state index >= 15 is 0 Å². The number of hydrogen-bond acceptors (Lipinski definition) is 4. The van der Waals surface area contributed by atoms with E-state index < -0.39 is 6.09 Å². The van der Waals surface area contributed by atoms with Crippen molar-refractivity contribution in [3.8, 4) is 0 Å². The maximum Gasteiger partial charge on any atom is 0.407 e. The first-order valence-corrected chi connectivity index (χ1v) is 8.42. The van der Waals surface area contributed by atoms with Gasteiger partial charge in [-0.15, -0.1) is 0 Å². The Bertz CT molecular complexity index is 1080. The van der Waals surface area contributed by atoms with Crippen LogP contribution in [-0.2, 0) is 26.6 Å². The van der Waals surface area contributed by atoms with E-state index in [0.29, 0.717) is 30.7 Å². The van der Waals surface area contributed by atoms with Crippen LogP contribution in [0.4, 0.5) is 4.79 Å². The summed E-state index contributed by atoms with van der Waals surface area (Å²) < 4.78 is 3.37. The SMILES string of the molecule is Cc1cc(Cn2c(=O)c3c(c4cccnc42)CCN(C(=O)O)C3)n(C)n1. The van der Waals surface area contributed by atoms with Crippen molar-refractivity contribution in [3.63, 3.8) is 0 Å². The molecule has 0 fully saturated rings. The van der Waals surface area contributed by atoms with Crippen molar-refractivity contribution in [3.05, 3.63) is 57.3 Å². The maximum atomic E-state index is 13.2. The molecule has 0 spiro atoms. The molecule has 3 aromatic heterocycles. The number of fused-ring (bicyclic) bond motifs is 3. The molecule has 1 aliphatic rings. The largest absolute Gasteiger partial charge is 0.465 e. The monoisotopic (exact) mass is 353 g/mol. The van der Waals surface area contributed by atoms with Gasteiger partial charge in [-0.05, 0) is 37.1 Å². The minimum atomic E-state index is -1.00. The molecule has 0 saturated carbocycles. The number of hydrogen-bond donors (Lipinski definition) is 1. The first-order chi connectivity index (χ1) is 12.5. The van der Waals surface area contributed by atoms with Gasteiger partial charge in [0.2, 0.25) is 0 Å². The van der Waals surface area contributed by atoms with E-state index in [-0.39, 0.29) is 12.1 Å². The van der Waals surface area contributed by atoms with Gasteiger partial charge in [-0.1, -0.05) is 0 Å². The number of pyridine rings is 2. The minimum Gasteiger partial charge on any atom is -0.465 e. The number of aryl methyl sites for hydroxylation is 2. The third-order valence-electron chi connectivity index (χ3n) is 4.91. The van der Waals surface area contributed by atoms with Gasteiger partial charge in [0.1, 0.15) is 5.65 Å². The third-order valence-corrected chi connectivity index (χ3v) is 4.91. The molecule has 0 aromatic carbocycles. The highest BCUT2D eigenvalue weighted by molar-refractivity contribution is 5.81. The normalized spacial score (nSPS) is 13.8. The average Bonchev–Trinajstić information content (AvgIpc) is 2.95. The number of carboxylic acid groups (broad SMARTS) is 1. The third kappa shape index (κ3) is 2.54. The minimum absolute atomic E-state index is 0.110. The van der Waals surface area contributed by atoms with Gasteiger partial charge in [0.25, 0.3) is 5.56 Å². The Morgan fingerprint density at radius 3 is 2.85 bits per heavy atom. The molecule has 0 radical (unpaired) electrons. The smallest absolute Gasteiger partial charge is 0.407 e. The lowest BCUT2D eigenvalue weighted by atomic mass is 9.97. The summed E-state index contributed by atoms with van der Waals surface area (Å²) in [6, 6.07) is 5.72. The second-order valence-corrected chi connectivity index (χ2v) is 6.58. The predicted octanol–water partition coefficient (Wildman–Crippen LogP) is 1.52. The summed E-state index contributed by atoms with van der Waals surface area (Å²) >= 11 is 0. The second-order valence-electron chi connectivity index (χ2n) is 6.58. The Morgan fingerprint density at radius 2 is 2.15 bits per heavy atom. The van der Waals surface area contributed by atoms with Crippen LogP contribution in [0, 0.1) is 6.92 Å². The maximum absolute atomic E-state index is 13.2. The van der Waals surface area contributed by atoms with Crippen LogP contribution in [0.5, 0.6) is 0 Å². The van der Waals surface area contributed by atoms with Gasteiger partial charge >= 0.3 is 6.09 Å². The summed E-state index contributed by atoms with van der Waals surface area (Å²) in [4.78, 5) is 30.3. The van der Waals surface area contributed by atoms with Crippen molar-refractivity contribution in [1.29, 1.82) is 0 Å². The molecule has 4 rings (SSSR count). The van der Waals surface area contributed by atoms with E-state index in [2.05, 4.69) is 10.1 Å². The average molecular weight is 353 g/mol. The van der Waals surface area contributed by atoms with Crippen molar-refractivity contribution in [2.75, 3.05) is 6.54 Å². The molecular formula is C18H19N5O3. The highest BCUT2D eigenvalue weighted by Gasteiger charge is 2.26. The first kappa shape index (κ1) is 16.3. The fraction of sp³-hybridized carbons (Fsp3) is 0.333. The van der Waals surface area contributed by atoms with Gasteiger partial charge in [-0.2, -0.15) is 5.10 Å². The quantitative estimate of drug-likeness (QED) is 0.754. The molecule has 1 aliphatic heterocycles. The van der Waals surface area contributed by atoms with Crippen molar-refractivity contribution in [2.45, 2.75) is 26.4 Å². The topological polar surface area (TPSA) is 93.3 Å². The fourth-order valence-corrected chi connectivity index (χ4v) is 3.65. The summed E-state index contributed by atoms with van der Waals surface area (Å²) in [6.45, 7) is 2.74. The van der Waals surface area contributed by atoms with Crippen LogP contribution in [-0.4, -0.2) is 42.0 Å². The Labute approximate surface area is 149 Å². The molecule has 0 atom stereocenters. The summed E-state index contributed by atoms with van der Waals surface area (Å²) in [5, 5.41) is 14.5. The van der Waals surface area contributed by atoms with Crippen molar-refractivity contribution in [1.82, 2.24) is 24.2 Å². The van der Waals surface area contributed by atoms with Crippen LogP contribution in [0.1, 0.15) is 22.5 Å². The second kappa shape index (κ2) is 5.98. The molecule has 134 valence electrons. The van der Waals surface area contributed by atoms with Crippen LogP contribution in [0.2, 0.25) is 0 Å². The molecule has 1 amide bonds. The van der Waals surface area contributed by atoms with Gasteiger partial charge in [0, 0.05) is 30.7 Å². The molecule has 8 nitrogen and oxygen atoms in total. The standard InChI is InChI=1S/C18H19N5O3/c1-11-8-12(21(2)20-11)9-23-16-14(4-3-6-19-16)13-5-7-22(18(25)26)10-15(13)17(23)24/h3-4,6,8H,5,7,9-10H2,1-2H3,(H,25,26). The molecule has 8 heteroatoms. The van der Waals surface area contributed by atoms with E-state index in [0.717, 1.165) is 22.3 Å². The van der Waals surface area contributed by atoms with Crippen LogP contribution in [0.3, 0.4) is 0 Å². The lowest BCUT2D eigenvalue weighted by Crippen LogP contribution is -2.40. The van der Waals surface area contributed by atoms with Gasteiger partial charge in [-0.3, -0.25) is 14.0 Å². The summed E-state index contributed by atoms with van der Waals surface area (Å²) in [7, 11) is 1.84. The lowest BCUT2D eigenvalue weighted by molar-refractivity contribution is 0.139. The van der Waals surface area contributed by atoms with E-state index in [1.807, 2.05) is 32.2 Å². The molecule has 3 aromatic rings. The van der Waals surface area contributed by atoms with Gasteiger partial charge in [0.05, 0.1) is 24.5 Å². The van der Waals surface area contributed by atoms with Crippen molar-refractivity contribution in [2.24, 2.45) is 7.05 Å². The molecule has 1 N–H and O–H groups in total. The number of carbonyl (C=O) groups is 1. The van der Waals surface area contributed by atoms with Crippen LogP contribution < -0.4 is 5.56 Å². The van der Waals surface area contributed by atoms with E-state index in [9.17, 15) is 14.7 Å². The zero-order chi connectivity index (χ0) is 18.4. The number of amides is 1. The van der Waals surface area contributed by atoms with Gasteiger partial charge in [0.15, 0.2) is 0 Å². The van der Waals surface area contributed by atoms with Crippen LogP contribution in [0.25, 0.3) is 11.0 Å². The van der Waals surface area contributed by atoms with Gasteiger partial charge < -0.3 is 10.0 Å². The van der Waals surface area contributed by atoms with E-state index in [1.165, 1.54) is 4.90 Å². The molecular weight excluding hydrogens is 334 g/mol.